The van der Waals surface area contributed by atoms with Gasteiger partial charge in [0.2, 0.25) is 0 Å². The van der Waals surface area contributed by atoms with Crippen LogP contribution in [0.1, 0.15) is 11.4 Å². The average molecular weight is 295 g/mol. The van der Waals surface area contributed by atoms with Gasteiger partial charge in [-0.2, -0.15) is 0 Å². The van der Waals surface area contributed by atoms with Gasteiger partial charge in [-0.25, -0.2) is 0 Å². The summed E-state index contributed by atoms with van der Waals surface area (Å²) in [5, 5.41) is 0.984. The maximum Gasteiger partial charge on any atom is 0.276 e. The van der Waals surface area contributed by atoms with Crippen molar-refractivity contribution in [2.24, 2.45) is 0 Å². The lowest BCUT2D eigenvalue weighted by Crippen LogP contribution is -2.29. The summed E-state index contributed by atoms with van der Waals surface area (Å²) in [5.41, 5.74) is 5.50. The molecular weight excluding hydrogens is 278 g/mol. The van der Waals surface area contributed by atoms with Gasteiger partial charge >= 0.3 is 0 Å². The first kappa shape index (κ1) is 14.1. The summed E-state index contributed by atoms with van der Waals surface area (Å²) in [6.45, 7) is 3.80. The Kier molecular flexibility index (Phi) is 3.78. The van der Waals surface area contributed by atoms with Crippen LogP contribution in [0.15, 0.2) is 48.7 Å². The smallest absolute Gasteiger partial charge is 0.276 e. The lowest BCUT2D eigenvalue weighted by atomic mass is 10.2. The molecule has 112 valence electrons. The first-order valence-corrected chi connectivity index (χ1v) is 7.06. The first-order valence-electron chi connectivity index (χ1n) is 7.06. The highest BCUT2D eigenvalue weighted by Crippen LogP contribution is 2.22. The van der Waals surface area contributed by atoms with Crippen molar-refractivity contribution in [3.8, 4) is 5.75 Å². The van der Waals surface area contributed by atoms with Crippen molar-refractivity contribution in [1.29, 1.82) is 0 Å². The van der Waals surface area contributed by atoms with E-state index in [1.807, 2.05) is 56.3 Å². The van der Waals surface area contributed by atoms with Crippen LogP contribution in [0.4, 0.5) is 0 Å². The average Bonchev–Trinajstić information content (AvgIpc) is 2.85. The summed E-state index contributed by atoms with van der Waals surface area (Å²) >= 11 is 0. The Hall–Kier alpha value is -2.82. The fourth-order valence-corrected chi connectivity index (χ4v) is 2.34. The Bertz CT molecular complexity index is 799. The van der Waals surface area contributed by atoms with E-state index >= 15 is 0 Å². The van der Waals surface area contributed by atoms with Gasteiger partial charge in [0.15, 0.2) is 6.61 Å². The van der Waals surface area contributed by atoms with Gasteiger partial charge in [-0.05, 0) is 38.1 Å². The zero-order valence-electron chi connectivity index (χ0n) is 12.5. The van der Waals surface area contributed by atoms with E-state index in [-0.39, 0.29) is 12.5 Å². The van der Waals surface area contributed by atoms with Gasteiger partial charge in [0, 0.05) is 23.0 Å². The fourth-order valence-electron chi connectivity index (χ4n) is 2.34. The van der Waals surface area contributed by atoms with Gasteiger partial charge in [-0.15, -0.1) is 0 Å². The number of hydrogen-bond donors (Lipinski definition) is 1. The third-order valence-corrected chi connectivity index (χ3v) is 3.46. The lowest BCUT2D eigenvalue weighted by Gasteiger charge is -2.12. The summed E-state index contributed by atoms with van der Waals surface area (Å²) in [6.07, 6.45) is 1.71. The van der Waals surface area contributed by atoms with E-state index in [4.69, 9.17) is 4.74 Å². The quantitative estimate of drug-likeness (QED) is 0.805. The highest BCUT2D eigenvalue weighted by atomic mass is 16.5. The molecule has 0 atom stereocenters. The molecule has 22 heavy (non-hydrogen) atoms. The summed E-state index contributed by atoms with van der Waals surface area (Å²) in [5.74, 6) is 0.393. The Morgan fingerprint density at radius 2 is 1.86 bits per heavy atom. The molecule has 0 aliphatic carbocycles. The van der Waals surface area contributed by atoms with E-state index in [9.17, 15) is 4.79 Å². The van der Waals surface area contributed by atoms with Crippen LogP contribution in [-0.2, 0) is 4.79 Å². The van der Waals surface area contributed by atoms with Crippen molar-refractivity contribution < 1.29 is 9.53 Å². The van der Waals surface area contributed by atoms with Crippen LogP contribution in [0, 0.1) is 13.8 Å². The third kappa shape index (κ3) is 2.79. The molecule has 0 radical (unpaired) electrons. The SMILES string of the molecule is Cc1ccc(C)n1NC(=O)COc1cccc2cccnc12. The van der Waals surface area contributed by atoms with Gasteiger partial charge < -0.3 is 4.74 Å². The van der Waals surface area contributed by atoms with Crippen LogP contribution >= 0.6 is 0 Å². The highest BCUT2D eigenvalue weighted by Gasteiger charge is 2.09. The molecular formula is C17H17N3O2. The number of benzene rings is 1. The van der Waals surface area contributed by atoms with Gasteiger partial charge in [0.05, 0.1) is 0 Å². The number of nitrogens with zero attached hydrogens (tertiary/aromatic N) is 2. The van der Waals surface area contributed by atoms with E-state index in [0.717, 1.165) is 22.3 Å². The molecule has 5 nitrogen and oxygen atoms in total. The van der Waals surface area contributed by atoms with E-state index in [1.165, 1.54) is 0 Å². The number of aromatic nitrogens is 2. The molecule has 0 spiro atoms. The molecule has 0 saturated carbocycles. The number of para-hydroxylation sites is 1. The minimum Gasteiger partial charge on any atom is -0.481 e. The largest absolute Gasteiger partial charge is 0.481 e. The predicted octanol–water partition coefficient (Wildman–Crippen LogP) is 2.80. The standard InChI is InChI=1S/C17H17N3O2/c1-12-8-9-13(2)20(12)19-16(21)11-22-15-7-3-5-14-6-4-10-18-17(14)15/h3-10H,11H2,1-2H3,(H,19,21). The number of nitrogens with one attached hydrogen (secondary N) is 1. The van der Waals surface area contributed by atoms with E-state index in [1.54, 1.807) is 10.9 Å². The molecule has 1 aromatic carbocycles. The topological polar surface area (TPSA) is 56.2 Å². The van der Waals surface area contributed by atoms with Crippen LogP contribution in [0.5, 0.6) is 5.75 Å². The molecule has 0 bridgehead atoms. The highest BCUT2D eigenvalue weighted by molar-refractivity contribution is 5.87. The van der Waals surface area contributed by atoms with Crippen LogP contribution in [0.3, 0.4) is 0 Å². The number of carbonyl (C=O) groups is 1. The van der Waals surface area contributed by atoms with Crippen molar-refractivity contribution in [1.82, 2.24) is 9.66 Å². The van der Waals surface area contributed by atoms with Crippen LogP contribution in [0.25, 0.3) is 10.9 Å². The molecule has 0 unspecified atom stereocenters. The van der Waals surface area contributed by atoms with Crippen molar-refractivity contribution in [3.63, 3.8) is 0 Å². The molecule has 3 rings (SSSR count). The Labute approximate surface area is 128 Å². The van der Waals surface area contributed by atoms with Gasteiger partial charge in [-0.1, -0.05) is 18.2 Å². The molecule has 2 aromatic heterocycles. The molecule has 3 aromatic rings. The molecule has 2 heterocycles. The molecule has 5 heteroatoms. The number of rotatable bonds is 4. The molecule has 0 aliphatic heterocycles. The minimum atomic E-state index is -0.213. The monoisotopic (exact) mass is 295 g/mol. The number of carbonyl (C=O) groups excluding carboxylic acids is 1. The first-order chi connectivity index (χ1) is 10.6. The Morgan fingerprint density at radius 1 is 1.14 bits per heavy atom. The zero-order valence-corrected chi connectivity index (χ0v) is 12.5. The molecule has 0 aliphatic rings. The minimum absolute atomic E-state index is 0.0628. The summed E-state index contributed by atoms with van der Waals surface area (Å²) in [7, 11) is 0. The van der Waals surface area contributed by atoms with Gasteiger partial charge in [0.25, 0.3) is 5.91 Å². The second-order valence-electron chi connectivity index (χ2n) is 5.11. The van der Waals surface area contributed by atoms with E-state index < -0.39 is 0 Å². The second-order valence-corrected chi connectivity index (χ2v) is 5.11. The van der Waals surface area contributed by atoms with E-state index in [2.05, 4.69) is 10.4 Å². The molecule has 1 N–H and O–H groups in total. The van der Waals surface area contributed by atoms with E-state index in [0.29, 0.717) is 5.75 Å². The summed E-state index contributed by atoms with van der Waals surface area (Å²) in [6, 6.07) is 13.4. The number of pyridine rings is 1. The zero-order chi connectivity index (χ0) is 15.5. The Morgan fingerprint density at radius 3 is 2.64 bits per heavy atom. The van der Waals surface area contributed by atoms with Gasteiger partial charge in [0.1, 0.15) is 11.3 Å². The normalized spacial score (nSPS) is 10.6. The van der Waals surface area contributed by atoms with Gasteiger partial charge in [-0.3, -0.25) is 19.9 Å². The van der Waals surface area contributed by atoms with Crippen LogP contribution in [-0.4, -0.2) is 22.2 Å². The predicted molar refractivity (Wildman–Crippen MR) is 85.5 cm³/mol. The molecule has 1 amide bonds. The number of amides is 1. The maximum atomic E-state index is 12.0. The summed E-state index contributed by atoms with van der Waals surface area (Å²) < 4.78 is 7.36. The molecule has 0 saturated heterocycles. The van der Waals surface area contributed by atoms with Crippen molar-refractivity contribution in [3.05, 3.63) is 60.0 Å². The Balaban J connectivity index is 1.70. The number of hydrogen-bond acceptors (Lipinski definition) is 3. The van der Waals surface area contributed by atoms with Crippen LogP contribution in [0.2, 0.25) is 0 Å². The summed E-state index contributed by atoms with van der Waals surface area (Å²) in [4.78, 5) is 16.3. The molecule has 0 fully saturated rings. The number of fused-ring (bicyclic) bond motifs is 1. The fraction of sp³-hybridized carbons (Fsp3) is 0.176. The number of ether oxygens (including phenoxy) is 1. The van der Waals surface area contributed by atoms with Crippen molar-refractivity contribution in [2.45, 2.75) is 13.8 Å². The number of aryl methyl sites for hydroxylation is 2. The lowest BCUT2D eigenvalue weighted by molar-refractivity contribution is -0.119. The van der Waals surface area contributed by atoms with Crippen molar-refractivity contribution in [2.75, 3.05) is 12.0 Å². The van der Waals surface area contributed by atoms with Crippen molar-refractivity contribution >= 4 is 16.8 Å². The second kappa shape index (κ2) is 5.89. The maximum absolute atomic E-state index is 12.0. The third-order valence-electron chi connectivity index (χ3n) is 3.46. The van der Waals surface area contributed by atoms with Crippen LogP contribution < -0.4 is 10.2 Å².